The summed E-state index contributed by atoms with van der Waals surface area (Å²) in [5, 5.41) is 9.58. The second kappa shape index (κ2) is 47.7. The molecular weight excluding hydrogens is 717 g/mol. The highest BCUT2D eigenvalue weighted by atomic mass is 16.6. The number of hydrogen-bond acceptors (Lipinski definition) is 5. The van der Waals surface area contributed by atoms with E-state index in [9.17, 15) is 14.7 Å². The fraction of sp³-hybridized carbons (Fsp3) is 0.585. The summed E-state index contributed by atoms with van der Waals surface area (Å²) < 4.78 is 10.6. The van der Waals surface area contributed by atoms with Crippen LogP contribution >= 0.6 is 0 Å². The van der Waals surface area contributed by atoms with Gasteiger partial charge in [-0.25, -0.2) is 0 Å². The SMILES string of the molecule is CC/C=C\C/C=C\C/C=C\C/C=C\C/C=C\C/C=C\C/C=C\C/C=C\CCCCCCCCC(=O)OC(CO)COC(=O)CCCCCCC/C=C\C/C=C\CCC. The first kappa shape index (κ1) is 54.3. The Hall–Kier alpha value is -3.70. The van der Waals surface area contributed by atoms with E-state index < -0.39 is 6.10 Å². The molecule has 1 atom stereocenters. The van der Waals surface area contributed by atoms with Gasteiger partial charge >= 0.3 is 11.9 Å². The van der Waals surface area contributed by atoms with Gasteiger partial charge in [0.25, 0.3) is 0 Å². The molecule has 0 aromatic rings. The van der Waals surface area contributed by atoms with Crippen molar-refractivity contribution in [2.24, 2.45) is 0 Å². The van der Waals surface area contributed by atoms with Gasteiger partial charge in [-0.1, -0.05) is 187 Å². The molecule has 0 radical (unpaired) electrons. The molecule has 0 spiro atoms. The van der Waals surface area contributed by atoms with Crippen LogP contribution < -0.4 is 0 Å². The predicted molar refractivity (Wildman–Crippen MR) is 251 cm³/mol. The van der Waals surface area contributed by atoms with Crippen LogP contribution in [0.2, 0.25) is 0 Å². The molecule has 0 saturated carbocycles. The zero-order valence-electron chi connectivity index (χ0n) is 37.0. The summed E-state index contributed by atoms with van der Waals surface area (Å²) in [4.78, 5) is 24.3. The van der Waals surface area contributed by atoms with Gasteiger partial charge < -0.3 is 14.6 Å². The van der Waals surface area contributed by atoms with Gasteiger partial charge in [-0.15, -0.1) is 0 Å². The van der Waals surface area contributed by atoms with Crippen molar-refractivity contribution in [1.82, 2.24) is 0 Å². The van der Waals surface area contributed by atoms with Gasteiger partial charge in [0.05, 0.1) is 6.61 Å². The monoisotopic (exact) mass is 801 g/mol. The van der Waals surface area contributed by atoms with Crippen molar-refractivity contribution < 1.29 is 24.2 Å². The van der Waals surface area contributed by atoms with Gasteiger partial charge in [0.15, 0.2) is 6.10 Å². The van der Waals surface area contributed by atoms with Crippen LogP contribution in [0.1, 0.15) is 181 Å². The quantitative estimate of drug-likeness (QED) is 0.0380. The normalized spacial score (nSPS) is 13.4. The van der Waals surface area contributed by atoms with Crippen LogP contribution in [0.5, 0.6) is 0 Å². The van der Waals surface area contributed by atoms with Crippen molar-refractivity contribution in [2.45, 2.75) is 187 Å². The van der Waals surface area contributed by atoms with Crippen molar-refractivity contribution in [1.29, 1.82) is 0 Å². The van der Waals surface area contributed by atoms with Crippen molar-refractivity contribution in [3.05, 3.63) is 122 Å². The number of carbonyl (C=O) groups is 2. The van der Waals surface area contributed by atoms with Crippen molar-refractivity contribution in [2.75, 3.05) is 13.2 Å². The molecule has 0 heterocycles. The highest BCUT2D eigenvalue weighted by molar-refractivity contribution is 5.70. The Morgan fingerprint density at radius 1 is 0.414 bits per heavy atom. The molecule has 0 aromatic carbocycles. The van der Waals surface area contributed by atoms with Crippen LogP contribution in [-0.2, 0) is 19.1 Å². The van der Waals surface area contributed by atoms with Crippen LogP contribution in [0.25, 0.3) is 0 Å². The van der Waals surface area contributed by atoms with Crippen LogP contribution in [0.4, 0.5) is 0 Å². The molecule has 0 amide bonds. The van der Waals surface area contributed by atoms with Crippen molar-refractivity contribution in [3.8, 4) is 0 Å². The van der Waals surface area contributed by atoms with Crippen LogP contribution in [0.3, 0.4) is 0 Å². The Kier molecular flexibility index (Phi) is 44.6. The third-order valence-electron chi connectivity index (χ3n) is 9.22. The zero-order chi connectivity index (χ0) is 42.1. The lowest BCUT2D eigenvalue weighted by Gasteiger charge is -2.15. The Bertz CT molecular complexity index is 1220. The van der Waals surface area contributed by atoms with Gasteiger partial charge in [-0.3, -0.25) is 9.59 Å². The van der Waals surface area contributed by atoms with E-state index in [0.29, 0.717) is 12.8 Å². The summed E-state index contributed by atoms with van der Waals surface area (Å²) in [6.07, 6.45) is 69.9. The number of aliphatic hydroxyl groups is 1. The molecule has 0 aliphatic heterocycles. The van der Waals surface area contributed by atoms with E-state index in [1.807, 2.05) is 0 Å². The third-order valence-corrected chi connectivity index (χ3v) is 9.22. The van der Waals surface area contributed by atoms with E-state index in [-0.39, 0.29) is 25.2 Å². The Morgan fingerprint density at radius 2 is 0.741 bits per heavy atom. The summed E-state index contributed by atoms with van der Waals surface area (Å²) in [6.45, 7) is 3.91. The average molecular weight is 801 g/mol. The Labute approximate surface area is 356 Å². The van der Waals surface area contributed by atoms with Crippen molar-refractivity contribution >= 4 is 11.9 Å². The third kappa shape index (κ3) is 45.0. The Balaban J connectivity index is 3.65. The molecule has 58 heavy (non-hydrogen) atoms. The molecule has 0 saturated heterocycles. The topological polar surface area (TPSA) is 72.8 Å². The number of allylic oxidation sites excluding steroid dienone is 20. The van der Waals surface area contributed by atoms with Gasteiger partial charge in [0.1, 0.15) is 6.61 Å². The number of aliphatic hydroxyl groups excluding tert-OH is 1. The maximum absolute atomic E-state index is 12.2. The van der Waals surface area contributed by atoms with Crippen LogP contribution in [0, 0.1) is 0 Å². The molecule has 5 nitrogen and oxygen atoms in total. The Morgan fingerprint density at radius 3 is 1.12 bits per heavy atom. The summed E-state index contributed by atoms with van der Waals surface area (Å²) >= 11 is 0. The molecule has 5 heteroatoms. The fourth-order valence-corrected chi connectivity index (χ4v) is 5.78. The molecule has 0 aliphatic carbocycles. The lowest BCUT2D eigenvalue weighted by molar-refractivity contribution is -0.161. The largest absolute Gasteiger partial charge is 0.462 e. The highest BCUT2D eigenvalue weighted by Crippen LogP contribution is 2.12. The van der Waals surface area contributed by atoms with E-state index >= 15 is 0 Å². The lowest BCUT2D eigenvalue weighted by atomic mass is 10.1. The van der Waals surface area contributed by atoms with Crippen LogP contribution in [0.15, 0.2) is 122 Å². The van der Waals surface area contributed by atoms with Gasteiger partial charge in [-0.05, 0) is 103 Å². The number of hydrogen-bond donors (Lipinski definition) is 1. The maximum Gasteiger partial charge on any atom is 0.306 e. The molecule has 0 rings (SSSR count). The second-order valence-corrected chi connectivity index (χ2v) is 14.7. The van der Waals surface area contributed by atoms with E-state index in [0.717, 1.165) is 122 Å². The first-order valence-corrected chi connectivity index (χ1v) is 23.1. The number of unbranched alkanes of at least 4 members (excludes halogenated alkanes) is 12. The number of rotatable bonds is 40. The van der Waals surface area contributed by atoms with Gasteiger partial charge in [0.2, 0.25) is 0 Å². The number of carbonyl (C=O) groups excluding carboxylic acids is 2. The maximum atomic E-state index is 12.2. The van der Waals surface area contributed by atoms with E-state index in [1.54, 1.807) is 0 Å². The van der Waals surface area contributed by atoms with E-state index in [1.165, 1.54) is 32.1 Å². The smallest absolute Gasteiger partial charge is 0.306 e. The van der Waals surface area contributed by atoms with Crippen molar-refractivity contribution in [3.63, 3.8) is 0 Å². The van der Waals surface area contributed by atoms with E-state index in [2.05, 4.69) is 135 Å². The predicted octanol–water partition coefficient (Wildman–Crippen LogP) is 15.2. The van der Waals surface area contributed by atoms with Gasteiger partial charge in [0, 0.05) is 12.8 Å². The van der Waals surface area contributed by atoms with E-state index in [4.69, 9.17) is 9.47 Å². The summed E-state index contributed by atoms with van der Waals surface area (Å²) in [7, 11) is 0. The molecule has 0 aliphatic rings. The lowest BCUT2D eigenvalue weighted by Crippen LogP contribution is -2.28. The number of esters is 2. The summed E-state index contributed by atoms with van der Waals surface area (Å²) in [5.41, 5.74) is 0. The average Bonchev–Trinajstić information content (AvgIpc) is 3.23. The molecule has 0 fully saturated rings. The molecule has 326 valence electrons. The molecular formula is C53H84O5. The molecule has 1 unspecified atom stereocenters. The van der Waals surface area contributed by atoms with Crippen LogP contribution in [-0.4, -0.2) is 36.4 Å². The zero-order valence-corrected chi connectivity index (χ0v) is 37.0. The second-order valence-electron chi connectivity index (χ2n) is 14.7. The minimum Gasteiger partial charge on any atom is -0.462 e. The minimum atomic E-state index is -0.794. The molecule has 0 bridgehead atoms. The molecule has 1 N–H and O–H groups in total. The number of ether oxygens (including phenoxy) is 2. The first-order chi connectivity index (χ1) is 28.6. The first-order valence-electron chi connectivity index (χ1n) is 23.1. The summed E-state index contributed by atoms with van der Waals surface area (Å²) in [5.74, 6) is -0.636. The molecule has 0 aromatic heterocycles. The fourth-order valence-electron chi connectivity index (χ4n) is 5.78. The standard InChI is InChI=1S/C53H84O5/c1-3-5-7-9-11-13-15-17-18-19-20-21-22-23-24-25-26-27-28-29-30-31-32-33-34-36-38-40-42-44-46-48-53(56)58-51(49-54)50-57-52(55)47-45-43-41-39-37-35-16-14-12-10-8-6-4-2/h5,7-8,10-11,13-14,16-18,20-21,23-24,26-27,29-30,32-33,51,54H,3-4,6,9,12,15,19,22,25,28,31,34-50H2,1-2H3/b7-5-,10-8-,13-11-,16-14-,18-17-,21-20-,24-23-,27-26-,30-29-,33-32-. The summed E-state index contributed by atoms with van der Waals surface area (Å²) in [6, 6.07) is 0. The highest BCUT2D eigenvalue weighted by Gasteiger charge is 2.16. The van der Waals surface area contributed by atoms with Gasteiger partial charge in [-0.2, -0.15) is 0 Å². The minimum absolute atomic E-state index is 0.0872.